The fourth-order valence-electron chi connectivity index (χ4n) is 3.58. The molecule has 5 nitrogen and oxygen atoms in total. The van der Waals surface area contributed by atoms with Gasteiger partial charge in [-0.15, -0.1) is 0 Å². The molecule has 2 aromatic carbocycles. The molecule has 0 fully saturated rings. The summed E-state index contributed by atoms with van der Waals surface area (Å²) in [6.07, 6.45) is 0.364. The zero-order chi connectivity index (χ0) is 22.4. The number of nitrogens with zero attached hydrogens (tertiary/aromatic N) is 3. The van der Waals surface area contributed by atoms with Crippen LogP contribution in [0.2, 0.25) is 5.02 Å². The summed E-state index contributed by atoms with van der Waals surface area (Å²) in [5.41, 5.74) is 2.75. The summed E-state index contributed by atoms with van der Waals surface area (Å²) in [6, 6.07) is 17.3. The fraction of sp³-hybridized carbons (Fsp3) is 0.400. The third-order valence-corrected chi connectivity index (χ3v) is 5.33. The number of para-hydroxylation sites is 1. The van der Waals surface area contributed by atoms with E-state index in [9.17, 15) is 5.11 Å². The predicted molar refractivity (Wildman–Crippen MR) is 126 cm³/mol. The van der Waals surface area contributed by atoms with Crippen LogP contribution in [-0.2, 0) is 6.54 Å². The van der Waals surface area contributed by atoms with Crippen LogP contribution in [0.4, 0.5) is 0 Å². The topological polar surface area (TPSA) is 50.5 Å². The van der Waals surface area contributed by atoms with Crippen molar-refractivity contribution in [2.75, 3.05) is 13.1 Å². The summed E-state index contributed by atoms with van der Waals surface area (Å²) < 4.78 is 8.17. The van der Waals surface area contributed by atoms with Crippen LogP contribution < -0.4 is 4.74 Å². The maximum atomic E-state index is 10.3. The lowest BCUT2D eigenvalue weighted by Gasteiger charge is -2.26. The first kappa shape index (κ1) is 23.3. The Morgan fingerprint density at radius 2 is 1.84 bits per heavy atom. The lowest BCUT2D eigenvalue weighted by atomic mass is 10.1. The molecule has 3 rings (SSSR count). The molecule has 166 valence electrons. The summed E-state index contributed by atoms with van der Waals surface area (Å²) in [7, 11) is 0. The minimum atomic E-state index is -0.361. The number of rotatable bonds is 10. The third-order valence-electron chi connectivity index (χ3n) is 5.09. The molecular formula is C25H32ClN3O2. The Bertz CT molecular complexity index is 972. The van der Waals surface area contributed by atoms with Gasteiger partial charge < -0.3 is 9.84 Å². The lowest BCUT2D eigenvalue weighted by molar-refractivity contribution is 0.0980. The minimum absolute atomic E-state index is 0.361. The summed E-state index contributed by atoms with van der Waals surface area (Å²) >= 11 is 6.25. The van der Waals surface area contributed by atoms with Gasteiger partial charge in [0.25, 0.3) is 0 Å². The van der Waals surface area contributed by atoms with Crippen molar-refractivity contribution in [3.63, 3.8) is 0 Å². The molecular weight excluding hydrogens is 410 g/mol. The summed E-state index contributed by atoms with van der Waals surface area (Å²) in [6.45, 7) is 10.5. The molecule has 0 spiro atoms. The number of aryl methyl sites for hydroxylation is 1. The highest BCUT2D eigenvalue weighted by Gasteiger charge is 2.23. The molecule has 1 atom stereocenters. The first-order chi connectivity index (χ1) is 14.9. The number of ether oxygens (including phenoxy) is 1. The zero-order valence-electron chi connectivity index (χ0n) is 18.8. The van der Waals surface area contributed by atoms with Gasteiger partial charge in [0, 0.05) is 24.7 Å². The van der Waals surface area contributed by atoms with Crippen molar-refractivity contribution in [2.24, 2.45) is 5.92 Å². The second-order valence-electron chi connectivity index (χ2n) is 8.33. The van der Waals surface area contributed by atoms with E-state index in [0.717, 1.165) is 35.7 Å². The molecule has 0 aliphatic rings. The first-order valence-corrected chi connectivity index (χ1v) is 11.2. The third kappa shape index (κ3) is 6.33. The second-order valence-corrected chi connectivity index (χ2v) is 8.76. The monoisotopic (exact) mass is 441 g/mol. The van der Waals surface area contributed by atoms with Crippen LogP contribution in [-0.4, -0.2) is 39.0 Å². The van der Waals surface area contributed by atoms with Crippen molar-refractivity contribution in [1.82, 2.24) is 14.7 Å². The minimum Gasteiger partial charge on any atom is -0.439 e. The Kier molecular flexibility index (Phi) is 8.13. The zero-order valence-corrected chi connectivity index (χ0v) is 19.5. The molecule has 0 radical (unpaired) electrons. The normalized spacial score (nSPS) is 12.5. The van der Waals surface area contributed by atoms with Crippen LogP contribution in [0, 0.1) is 12.8 Å². The molecule has 31 heavy (non-hydrogen) atoms. The van der Waals surface area contributed by atoms with Gasteiger partial charge in [0.05, 0.1) is 23.0 Å². The van der Waals surface area contributed by atoms with E-state index in [1.807, 2.05) is 73.1 Å². The summed E-state index contributed by atoms with van der Waals surface area (Å²) in [5.74, 6) is 1.90. The highest BCUT2D eigenvalue weighted by atomic mass is 35.5. The number of aliphatic hydroxyl groups is 1. The number of hydrogen-bond acceptors (Lipinski definition) is 4. The van der Waals surface area contributed by atoms with Crippen molar-refractivity contribution in [3.05, 3.63) is 70.9 Å². The van der Waals surface area contributed by atoms with E-state index in [1.165, 1.54) is 0 Å². The molecule has 0 bridgehead atoms. The maximum absolute atomic E-state index is 10.3. The Balaban J connectivity index is 2.03. The van der Waals surface area contributed by atoms with Crippen molar-refractivity contribution in [3.8, 4) is 17.3 Å². The van der Waals surface area contributed by atoms with Gasteiger partial charge in [-0.05, 0) is 49.6 Å². The second kappa shape index (κ2) is 10.8. The van der Waals surface area contributed by atoms with Crippen molar-refractivity contribution in [1.29, 1.82) is 0 Å². The summed E-state index contributed by atoms with van der Waals surface area (Å²) in [4.78, 5) is 2.28. The molecule has 0 aliphatic carbocycles. The number of aliphatic hydroxyl groups excluding tert-OH is 1. The van der Waals surface area contributed by atoms with Crippen LogP contribution in [0.25, 0.3) is 5.69 Å². The smallest absolute Gasteiger partial charge is 0.227 e. The molecule has 1 heterocycles. The van der Waals surface area contributed by atoms with Gasteiger partial charge in [0.15, 0.2) is 0 Å². The Morgan fingerprint density at radius 1 is 1.10 bits per heavy atom. The average molecular weight is 442 g/mol. The SMILES string of the molecule is CCC(O)CN(Cc1c(C)nn(-c2cccc(Cl)c2)c1Oc1ccccc1)CC(C)C. The first-order valence-electron chi connectivity index (χ1n) is 10.8. The van der Waals surface area contributed by atoms with E-state index in [2.05, 4.69) is 18.7 Å². The summed E-state index contributed by atoms with van der Waals surface area (Å²) in [5, 5.41) is 15.7. The van der Waals surface area contributed by atoms with Gasteiger partial charge >= 0.3 is 0 Å². The molecule has 0 aliphatic heterocycles. The van der Waals surface area contributed by atoms with Crippen LogP contribution >= 0.6 is 11.6 Å². The highest BCUT2D eigenvalue weighted by molar-refractivity contribution is 6.30. The molecule has 1 aromatic heterocycles. The predicted octanol–water partition coefficient (Wildman–Crippen LogP) is 5.86. The molecule has 0 saturated heterocycles. The van der Waals surface area contributed by atoms with Gasteiger partial charge in [-0.2, -0.15) is 5.10 Å². The van der Waals surface area contributed by atoms with Gasteiger partial charge in [-0.3, -0.25) is 4.90 Å². The van der Waals surface area contributed by atoms with Gasteiger partial charge in [-0.25, -0.2) is 4.68 Å². The quantitative estimate of drug-likeness (QED) is 0.428. The Morgan fingerprint density at radius 3 is 2.48 bits per heavy atom. The molecule has 0 saturated carbocycles. The van der Waals surface area contributed by atoms with E-state index >= 15 is 0 Å². The van der Waals surface area contributed by atoms with Crippen molar-refractivity contribution in [2.45, 2.75) is 46.8 Å². The largest absolute Gasteiger partial charge is 0.439 e. The number of hydrogen-bond donors (Lipinski definition) is 1. The van der Waals surface area contributed by atoms with E-state index < -0.39 is 0 Å². The van der Waals surface area contributed by atoms with Crippen LogP contribution in [0.1, 0.15) is 38.4 Å². The van der Waals surface area contributed by atoms with Gasteiger partial charge in [0.1, 0.15) is 5.75 Å². The maximum Gasteiger partial charge on any atom is 0.227 e. The van der Waals surface area contributed by atoms with Crippen molar-refractivity contribution < 1.29 is 9.84 Å². The lowest BCUT2D eigenvalue weighted by Crippen LogP contribution is -2.34. The molecule has 1 N–H and O–H groups in total. The average Bonchev–Trinajstić information content (AvgIpc) is 3.03. The fourth-order valence-corrected chi connectivity index (χ4v) is 3.76. The number of aromatic nitrogens is 2. The van der Waals surface area contributed by atoms with Crippen LogP contribution in [0.3, 0.4) is 0 Å². The van der Waals surface area contributed by atoms with Gasteiger partial charge in [0.2, 0.25) is 5.88 Å². The number of halogens is 1. The van der Waals surface area contributed by atoms with E-state index in [1.54, 1.807) is 0 Å². The Labute approximate surface area is 190 Å². The highest BCUT2D eigenvalue weighted by Crippen LogP contribution is 2.32. The molecule has 3 aromatic rings. The molecule has 0 amide bonds. The number of benzene rings is 2. The van der Waals surface area contributed by atoms with E-state index in [0.29, 0.717) is 29.9 Å². The van der Waals surface area contributed by atoms with Crippen LogP contribution in [0.15, 0.2) is 54.6 Å². The van der Waals surface area contributed by atoms with Crippen LogP contribution in [0.5, 0.6) is 11.6 Å². The van der Waals surface area contributed by atoms with Crippen molar-refractivity contribution >= 4 is 11.6 Å². The molecule has 1 unspecified atom stereocenters. The van der Waals surface area contributed by atoms with Gasteiger partial charge in [-0.1, -0.05) is 56.6 Å². The molecule has 6 heteroatoms. The van der Waals surface area contributed by atoms with E-state index in [4.69, 9.17) is 21.4 Å². The van der Waals surface area contributed by atoms with E-state index in [-0.39, 0.29) is 6.10 Å². The standard InChI is InChI=1S/C25H32ClN3O2/c1-5-22(30)16-28(15-18(2)3)17-24-19(4)27-29(21-11-9-10-20(26)14-21)25(24)31-23-12-7-6-8-13-23/h6-14,18,22,30H,5,15-17H2,1-4H3. The Hall–Kier alpha value is -2.34.